The third kappa shape index (κ3) is 2.43. The van der Waals surface area contributed by atoms with Crippen molar-refractivity contribution in [2.45, 2.75) is 4.90 Å². The topological polar surface area (TPSA) is 109 Å². The van der Waals surface area contributed by atoms with Crippen molar-refractivity contribution in [3.05, 3.63) is 36.4 Å². The minimum atomic E-state index is -3.27. The molecule has 0 unspecified atom stereocenters. The average molecular weight is 303 g/mol. The molecule has 21 heavy (non-hydrogen) atoms. The summed E-state index contributed by atoms with van der Waals surface area (Å²) >= 11 is 0. The van der Waals surface area contributed by atoms with Crippen molar-refractivity contribution >= 4 is 26.6 Å². The summed E-state index contributed by atoms with van der Waals surface area (Å²) in [5, 5.41) is 9.64. The van der Waals surface area contributed by atoms with Gasteiger partial charge < -0.3 is 15.8 Å². The summed E-state index contributed by atoms with van der Waals surface area (Å²) in [6, 6.07) is 9.51. The second kappa shape index (κ2) is 4.49. The highest BCUT2D eigenvalue weighted by Gasteiger charge is 2.11. The largest absolute Gasteiger partial charge is 0.506 e. The van der Waals surface area contributed by atoms with Gasteiger partial charge in [-0.2, -0.15) is 0 Å². The van der Waals surface area contributed by atoms with E-state index in [-0.39, 0.29) is 16.3 Å². The third-order valence-electron chi connectivity index (χ3n) is 3.19. The molecule has 0 fully saturated rings. The minimum Gasteiger partial charge on any atom is -0.506 e. The number of hydrogen-bond acceptors (Lipinski definition) is 5. The van der Waals surface area contributed by atoms with Crippen molar-refractivity contribution < 1.29 is 13.5 Å². The van der Waals surface area contributed by atoms with Crippen LogP contribution in [0.5, 0.6) is 5.75 Å². The predicted octanol–water partition coefficient (Wildman–Crippen LogP) is 1.92. The monoisotopic (exact) mass is 303 g/mol. The number of nitrogens with zero attached hydrogens (tertiary/aromatic N) is 1. The summed E-state index contributed by atoms with van der Waals surface area (Å²) in [6.45, 7) is 0. The number of imidazole rings is 1. The van der Waals surface area contributed by atoms with Crippen molar-refractivity contribution in [2.75, 3.05) is 12.0 Å². The maximum absolute atomic E-state index is 11.6. The van der Waals surface area contributed by atoms with Crippen LogP contribution in [0.3, 0.4) is 0 Å². The Labute approximate surface area is 121 Å². The van der Waals surface area contributed by atoms with E-state index in [1.807, 2.05) is 0 Å². The molecule has 4 N–H and O–H groups in total. The van der Waals surface area contributed by atoms with Crippen LogP contribution < -0.4 is 5.73 Å². The van der Waals surface area contributed by atoms with Gasteiger partial charge >= 0.3 is 0 Å². The van der Waals surface area contributed by atoms with Crippen LogP contribution in [0, 0.1) is 0 Å². The first-order valence-electron chi connectivity index (χ1n) is 6.13. The molecule has 0 spiro atoms. The van der Waals surface area contributed by atoms with Gasteiger partial charge in [0.1, 0.15) is 11.6 Å². The summed E-state index contributed by atoms with van der Waals surface area (Å²) in [7, 11) is -3.27. The van der Waals surface area contributed by atoms with Gasteiger partial charge in [0.25, 0.3) is 0 Å². The van der Waals surface area contributed by atoms with E-state index in [4.69, 9.17) is 5.73 Å². The molecule has 0 amide bonds. The Kier molecular flexibility index (Phi) is 2.87. The summed E-state index contributed by atoms with van der Waals surface area (Å²) < 4.78 is 23.1. The smallest absolute Gasteiger partial charge is 0.175 e. The van der Waals surface area contributed by atoms with E-state index in [0.717, 1.165) is 6.26 Å². The van der Waals surface area contributed by atoms with Crippen LogP contribution in [-0.2, 0) is 9.84 Å². The highest BCUT2D eigenvalue weighted by molar-refractivity contribution is 7.90. The molecular weight excluding hydrogens is 290 g/mol. The number of sulfone groups is 1. The number of aromatic nitrogens is 2. The Balaban J connectivity index is 2.14. The lowest BCUT2D eigenvalue weighted by molar-refractivity contribution is 0.478. The number of rotatable bonds is 2. The Morgan fingerprint density at radius 3 is 2.62 bits per heavy atom. The van der Waals surface area contributed by atoms with E-state index in [0.29, 0.717) is 22.4 Å². The first-order chi connectivity index (χ1) is 9.84. The lowest BCUT2D eigenvalue weighted by atomic mass is 10.2. The quantitative estimate of drug-likeness (QED) is 0.495. The van der Waals surface area contributed by atoms with E-state index in [2.05, 4.69) is 9.97 Å². The number of nitrogens with one attached hydrogen (secondary N) is 1. The molecule has 1 heterocycles. The van der Waals surface area contributed by atoms with Crippen LogP contribution in [0.1, 0.15) is 0 Å². The number of aromatic hydroxyl groups is 1. The number of H-pyrrole nitrogens is 1. The van der Waals surface area contributed by atoms with Crippen LogP contribution in [0.15, 0.2) is 41.3 Å². The number of phenols is 1. The fraction of sp³-hybridized carbons (Fsp3) is 0.0714. The zero-order chi connectivity index (χ0) is 15.2. The van der Waals surface area contributed by atoms with E-state index in [9.17, 15) is 13.5 Å². The van der Waals surface area contributed by atoms with Gasteiger partial charge in [-0.1, -0.05) is 0 Å². The van der Waals surface area contributed by atoms with Crippen LogP contribution in [-0.4, -0.2) is 29.7 Å². The van der Waals surface area contributed by atoms with Crippen molar-refractivity contribution in [1.82, 2.24) is 9.97 Å². The summed E-state index contributed by atoms with van der Waals surface area (Å²) in [4.78, 5) is 7.65. The standard InChI is InChI=1S/C14H13N3O3S/c1-21(19,20)9-3-5-11-12(7-9)17-14(16-11)8-2-4-10(15)13(18)6-8/h2-7,18H,15H2,1H3,(H,16,17). The number of phenolic OH excluding ortho intramolecular Hbond substituents is 1. The Hall–Kier alpha value is -2.54. The first kappa shape index (κ1) is 13.4. The molecule has 2 aromatic carbocycles. The molecule has 3 rings (SSSR count). The molecule has 3 aromatic rings. The van der Waals surface area contributed by atoms with Gasteiger partial charge in [0, 0.05) is 11.8 Å². The molecule has 0 saturated heterocycles. The molecule has 0 aliphatic rings. The van der Waals surface area contributed by atoms with Crippen molar-refractivity contribution in [3.63, 3.8) is 0 Å². The lowest BCUT2D eigenvalue weighted by Gasteiger charge is -2.00. The Morgan fingerprint density at radius 2 is 1.95 bits per heavy atom. The second-order valence-corrected chi connectivity index (χ2v) is 6.83. The molecular formula is C14H13N3O3S. The van der Waals surface area contributed by atoms with Gasteiger partial charge in [-0.05, 0) is 36.4 Å². The van der Waals surface area contributed by atoms with Gasteiger partial charge in [0.15, 0.2) is 9.84 Å². The number of fused-ring (bicyclic) bond motifs is 1. The number of aromatic amines is 1. The fourth-order valence-electron chi connectivity index (χ4n) is 2.05. The van der Waals surface area contributed by atoms with Gasteiger partial charge in [-0.25, -0.2) is 13.4 Å². The Morgan fingerprint density at radius 1 is 1.19 bits per heavy atom. The average Bonchev–Trinajstić information content (AvgIpc) is 2.83. The zero-order valence-corrected chi connectivity index (χ0v) is 12.0. The Bertz CT molecular complexity index is 945. The molecule has 0 aliphatic carbocycles. The summed E-state index contributed by atoms with van der Waals surface area (Å²) in [5.41, 5.74) is 7.78. The van der Waals surface area contributed by atoms with Crippen LogP contribution in [0.4, 0.5) is 5.69 Å². The lowest BCUT2D eigenvalue weighted by Crippen LogP contribution is -1.96. The highest BCUT2D eigenvalue weighted by Crippen LogP contribution is 2.28. The van der Waals surface area contributed by atoms with Crippen molar-refractivity contribution in [1.29, 1.82) is 0 Å². The maximum Gasteiger partial charge on any atom is 0.175 e. The minimum absolute atomic E-state index is 0.0234. The van der Waals surface area contributed by atoms with Crippen molar-refractivity contribution in [2.24, 2.45) is 0 Å². The highest BCUT2D eigenvalue weighted by atomic mass is 32.2. The molecule has 0 bridgehead atoms. The predicted molar refractivity (Wildman–Crippen MR) is 80.7 cm³/mol. The number of anilines is 1. The molecule has 0 radical (unpaired) electrons. The third-order valence-corrected chi connectivity index (χ3v) is 4.30. The van der Waals surface area contributed by atoms with E-state index in [1.165, 1.54) is 12.1 Å². The SMILES string of the molecule is CS(=O)(=O)c1ccc2nc(-c3ccc(N)c(O)c3)[nH]c2c1. The van der Waals surface area contributed by atoms with E-state index in [1.54, 1.807) is 24.3 Å². The molecule has 0 atom stereocenters. The number of benzene rings is 2. The summed E-state index contributed by atoms with van der Waals surface area (Å²) in [6.07, 6.45) is 1.16. The van der Waals surface area contributed by atoms with Crippen LogP contribution in [0.2, 0.25) is 0 Å². The van der Waals surface area contributed by atoms with Gasteiger partial charge in [0.05, 0.1) is 21.6 Å². The zero-order valence-electron chi connectivity index (χ0n) is 11.2. The first-order valence-corrected chi connectivity index (χ1v) is 8.02. The molecule has 0 saturated carbocycles. The molecule has 6 nitrogen and oxygen atoms in total. The second-order valence-electron chi connectivity index (χ2n) is 4.81. The molecule has 1 aromatic heterocycles. The number of hydrogen-bond donors (Lipinski definition) is 3. The van der Waals surface area contributed by atoms with Gasteiger partial charge in [-0.15, -0.1) is 0 Å². The van der Waals surface area contributed by atoms with Crippen LogP contribution in [0.25, 0.3) is 22.4 Å². The normalized spacial score (nSPS) is 11.9. The molecule has 0 aliphatic heterocycles. The number of nitrogens with two attached hydrogens (primary N) is 1. The van der Waals surface area contributed by atoms with Gasteiger partial charge in [0.2, 0.25) is 0 Å². The van der Waals surface area contributed by atoms with Crippen LogP contribution >= 0.6 is 0 Å². The molecule has 7 heteroatoms. The van der Waals surface area contributed by atoms with Gasteiger partial charge in [-0.3, -0.25) is 0 Å². The number of nitrogen functional groups attached to an aromatic ring is 1. The fourth-order valence-corrected chi connectivity index (χ4v) is 2.69. The van der Waals surface area contributed by atoms with E-state index < -0.39 is 9.84 Å². The van der Waals surface area contributed by atoms with E-state index >= 15 is 0 Å². The summed E-state index contributed by atoms with van der Waals surface area (Å²) in [5.74, 6) is 0.510. The molecule has 108 valence electrons. The maximum atomic E-state index is 11.6. The van der Waals surface area contributed by atoms with Crippen molar-refractivity contribution in [3.8, 4) is 17.1 Å².